The third-order valence-electron chi connectivity index (χ3n) is 2.50. The van der Waals surface area contributed by atoms with E-state index in [-0.39, 0.29) is 0 Å². The molecule has 1 heterocycles. The van der Waals surface area contributed by atoms with E-state index in [0.29, 0.717) is 16.9 Å². The molecule has 0 atom stereocenters. The minimum absolute atomic E-state index is 0.362. The fraction of sp³-hybridized carbons (Fsp3) is 0.182. The highest BCUT2D eigenvalue weighted by molar-refractivity contribution is 5.97. The maximum Gasteiger partial charge on any atom is 0.338 e. The first kappa shape index (κ1) is 11.1. The van der Waals surface area contributed by atoms with E-state index in [2.05, 4.69) is 4.98 Å². The van der Waals surface area contributed by atoms with Crippen molar-refractivity contribution in [3.63, 3.8) is 0 Å². The number of carboxylic acid groups (broad SMARTS) is 2. The van der Waals surface area contributed by atoms with Crippen LogP contribution in [0, 0.1) is 6.92 Å². The maximum atomic E-state index is 11.0. The van der Waals surface area contributed by atoms with Crippen LogP contribution in [0.2, 0.25) is 0 Å². The number of carbonyl (C=O) groups is 2. The molecular formula is C11H10N2O4. The number of nitrogens with zero attached hydrogens (tertiary/aromatic N) is 2. The van der Waals surface area contributed by atoms with Gasteiger partial charge in [0, 0.05) is 0 Å². The third-order valence-corrected chi connectivity index (χ3v) is 2.50. The van der Waals surface area contributed by atoms with Crippen molar-refractivity contribution in [2.24, 2.45) is 0 Å². The number of hydrogen-bond acceptors (Lipinski definition) is 3. The normalized spacial score (nSPS) is 10.9. The van der Waals surface area contributed by atoms with Gasteiger partial charge in [-0.05, 0) is 19.1 Å². The van der Waals surface area contributed by atoms with E-state index in [1.807, 2.05) is 0 Å². The molecule has 1 aromatic carbocycles. The Hall–Kier alpha value is -2.37. The molecule has 0 saturated carbocycles. The molecule has 6 heteroatoms. The highest BCUT2D eigenvalue weighted by atomic mass is 16.4. The minimum atomic E-state index is -1.65. The number of benzene rings is 1. The number of imidazole rings is 1. The quantitative estimate of drug-likeness (QED) is 0.774. The zero-order chi connectivity index (χ0) is 12.6. The van der Waals surface area contributed by atoms with E-state index in [4.69, 9.17) is 10.2 Å². The van der Waals surface area contributed by atoms with Gasteiger partial charge in [0.2, 0.25) is 6.04 Å². The van der Waals surface area contributed by atoms with Gasteiger partial charge in [-0.2, -0.15) is 0 Å². The van der Waals surface area contributed by atoms with E-state index in [0.717, 1.165) is 0 Å². The van der Waals surface area contributed by atoms with Gasteiger partial charge in [0.1, 0.15) is 5.82 Å². The lowest BCUT2D eigenvalue weighted by atomic mass is 10.2. The molecule has 2 rings (SSSR count). The third kappa shape index (κ3) is 1.73. The molecule has 6 nitrogen and oxygen atoms in total. The topological polar surface area (TPSA) is 92.4 Å². The number of rotatable bonds is 3. The molecule has 0 bridgehead atoms. The molecule has 0 spiro atoms. The number of aromatic nitrogens is 2. The van der Waals surface area contributed by atoms with Crippen LogP contribution in [0.25, 0.3) is 11.0 Å². The van der Waals surface area contributed by atoms with Gasteiger partial charge in [-0.1, -0.05) is 12.1 Å². The number of aliphatic carboxylic acids is 2. The molecule has 1 aromatic heterocycles. The molecule has 88 valence electrons. The highest BCUT2D eigenvalue weighted by Crippen LogP contribution is 2.21. The summed E-state index contributed by atoms with van der Waals surface area (Å²) in [6, 6.07) is 5.17. The summed E-state index contributed by atoms with van der Waals surface area (Å²) in [5, 5.41) is 17.9. The lowest BCUT2D eigenvalue weighted by Crippen LogP contribution is -2.27. The number of fused-ring (bicyclic) bond motifs is 1. The zero-order valence-corrected chi connectivity index (χ0v) is 8.99. The Bertz CT molecular complexity index is 589. The summed E-state index contributed by atoms with van der Waals surface area (Å²) in [6.45, 7) is 1.58. The Morgan fingerprint density at radius 1 is 1.24 bits per heavy atom. The number of carboxylic acids is 2. The SMILES string of the molecule is Cc1nc2ccccc2n1C(C(=O)O)C(=O)O. The van der Waals surface area contributed by atoms with Crippen molar-refractivity contribution in [3.05, 3.63) is 30.1 Å². The molecule has 17 heavy (non-hydrogen) atoms. The van der Waals surface area contributed by atoms with Crippen molar-refractivity contribution in [1.82, 2.24) is 9.55 Å². The molecule has 0 fully saturated rings. The number of aryl methyl sites for hydroxylation is 1. The van der Waals surface area contributed by atoms with E-state index in [1.54, 1.807) is 31.2 Å². The second-order valence-electron chi connectivity index (χ2n) is 3.60. The molecule has 0 unspecified atom stereocenters. The number of hydrogen-bond donors (Lipinski definition) is 2. The summed E-state index contributed by atoms with van der Waals surface area (Å²) in [4.78, 5) is 26.1. The Kier molecular flexibility index (Phi) is 2.55. The van der Waals surface area contributed by atoms with Crippen LogP contribution in [0.5, 0.6) is 0 Å². The van der Waals surface area contributed by atoms with Gasteiger partial charge in [-0.3, -0.25) is 0 Å². The van der Waals surface area contributed by atoms with E-state index < -0.39 is 18.0 Å². The molecule has 0 amide bonds. The molecule has 0 aliphatic heterocycles. The molecule has 2 N–H and O–H groups in total. The zero-order valence-electron chi connectivity index (χ0n) is 8.99. The summed E-state index contributed by atoms with van der Waals surface area (Å²) in [7, 11) is 0. The Balaban J connectivity index is 2.72. The molecule has 0 aliphatic rings. The van der Waals surface area contributed by atoms with Crippen LogP contribution in [0.4, 0.5) is 0 Å². The van der Waals surface area contributed by atoms with Crippen molar-refractivity contribution in [2.75, 3.05) is 0 Å². The molecule has 0 saturated heterocycles. The van der Waals surface area contributed by atoms with Crippen LogP contribution in [-0.2, 0) is 9.59 Å². The first-order valence-corrected chi connectivity index (χ1v) is 4.91. The Morgan fingerprint density at radius 2 is 1.82 bits per heavy atom. The predicted molar refractivity (Wildman–Crippen MR) is 58.8 cm³/mol. The van der Waals surface area contributed by atoms with Gasteiger partial charge in [-0.25, -0.2) is 14.6 Å². The first-order chi connectivity index (χ1) is 8.02. The maximum absolute atomic E-state index is 11.0. The molecule has 2 aromatic rings. The van der Waals surface area contributed by atoms with Gasteiger partial charge >= 0.3 is 11.9 Å². The fourth-order valence-electron chi connectivity index (χ4n) is 1.82. The largest absolute Gasteiger partial charge is 0.479 e. The monoisotopic (exact) mass is 234 g/mol. The lowest BCUT2D eigenvalue weighted by molar-refractivity contribution is -0.153. The fourth-order valence-corrected chi connectivity index (χ4v) is 1.82. The second-order valence-corrected chi connectivity index (χ2v) is 3.60. The predicted octanol–water partition coefficient (Wildman–Crippen LogP) is 1.06. The Labute approximate surface area is 96.1 Å². The van der Waals surface area contributed by atoms with Crippen LogP contribution < -0.4 is 0 Å². The van der Waals surface area contributed by atoms with E-state index in [9.17, 15) is 9.59 Å². The van der Waals surface area contributed by atoms with Gasteiger partial charge in [0.15, 0.2) is 0 Å². The number of para-hydroxylation sites is 2. The van der Waals surface area contributed by atoms with Gasteiger partial charge in [0.05, 0.1) is 11.0 Å². The summed E-state index contributed by atoms with van der Waals surface area (Å²) < 4.78 is 1.21. The summed E-state index contributed by atoms with van der Waals surface area (Å²) in [5.41, 5.74) is 1.08. The average molecular weight is 234 g/mol. The summed E-state index contributed by atoms with van der Waals surface area (Å²) >= 11 is 0. The van der Waals surface area contributed by atoms with Crippen molar-refractivity contribution in [3.8, 4) is 0 Å². The average Bonchev–Trinajstić information content (AvgIpc) is 2.55. The van der Waals surface area contributed by atoms with Crippen molar-refractivity contribution >= 4 is 23.0 Å². The van der Waals surface area contributed by atoms with Gasteiger partial charge < -0.3 is 14.8 Å². The minimum Gasteiger partial charge on any atom is -0.479 e. The first-order valence-electron chi connectivity index (χ1n) is 4.91. The van der Waals surface area contributed by atoms with Crippen LogP contribution in [0.3, 0.4) is 0 Å². The highest BCUT2D eigenvalue weighted by Gasteiger charge is 2.30. The Morgan fingerprint density at radius 3 is 2.41 bits per heavy atom. The molecule has 0 aliphatic carbocycles. The van der Waals surface area contributed by atoms with E-state index in [1.165, 1.54) is 4.57 Å². The van der Waals surface area contributed by atoms with Gasteiger partial charge in [-0.15, -0.1) is 0 Å². The smallest absolute Gasteiger partial charge is 0.338 e. The van der Waals surface area contributed by atoms with Crippen LogP contribution in [-0.4, -0.2) is 31.7 Å². The van der Waals surface area contributed by atoms with Crippen molar-refractivity contribution in [1.29, 1.82) is 0 Å². The van der Waals surface area contributed by atoms with Crippen molar-refractivity contribution < 1.29 is 19.8 Å². The standard InChI is InChI=1S/C11H10N2O4/c1-6-12-7-4-2-3-5-8(7)13(6)9(10(14)15)11(16)17/h2-5,9H,1H3,(H,14,15)(H,16,17). The lowest BCUT2D eigenvalue weighted by Gasteiger charge is -2.12. The second kappa shape index (κ2) is 3.89. The van der Waals surface area contributed by atoms with Crippen LogP contribution in [0.15, 0.2) is 24.3 Å². The van der Waals surface area contributed by atoms with Crippen LogP contribution >= 0.6 is 0 Å². The van der Waals surface area contributed by atoms with E-state index >= 15 is 0 Å². The van der Waals surface area contributed by atoms with Crippen molar-refractivity contribution in [2.45, 2.75) is 13.0 Å². The van der Waals surface area contributed by atoms with Crippen LogP contribution in [0.1, 0.15) is 11.9 Å². The summed E-state index contributed by atoms with van der Waals surface area (Å²) in [6.07, 6.45) is 0. The van der Waals surface area contributed by atoms with Gasteiger partial charge in [0.25, 0.3) is 0 Å². The molecule has 0 radical (unpaired) electrons. The molecular weight excluding hydrogens is 224 g/mol. The summed E-state index contributed by atoms with van der Waals surface area (Å²) in [5.74, 6) is -2.46.